The van der Waals surface area contributed by atoms with Crippen molar-refractivity contribution in [2.75, 3.05) is 6.61 Å². The van der Waals surface area contributed by atoms with Gasteiger partial charge in [0, 0.05) is 19.8 Å². The zero-order chi connectivity index (χ0) is 14.7. The molecule has 0 amide bonds. The van der Waals surface area contributed by atoms with Crippen molar-refractivity contribution in [1.82, 2.24) is 0 Å². The summed E-state index contributed by atoms with van der Waals surface area (Å²) in [5.74, 6) is -0.233. The fourth-order valence-corrected chi connectivity index (χ4v) is 0.666. The van der Waals surface area contributed by atoms with Crippen LogP contribution in [-0.4, -0.2) is 24.6 Å². The Hall–Kier alpha value is -1.58. The number of rotatable bonds is 5. The summed E-state index contributed by atoms with van der Waals surface area (Å²) < 4.78 is 9.46. The van der Waals surface area contributed by atoms with Gasteiger partial charge in [0.05, 0.1) is 6.61 Å². The van der Waals surface area contributed by atoms with Crippen molar-refractivity contribution in [2.45, 2.75) is 40.7 Å². The summed E-state index contributed by atoms with van der Waals surface area (Å²) in [5.41, 5.74) is 0.866. The van der Waals surface area contributed by atoms with Crippen molar-refractivity contribution in [3.63, 3.8) is 0 Å². The van der Waals surface area contributed by atoms with E-state index in [1.165, 1.54) is 13.8 Å². The molecule has 0 aliphatic heterocycles. The molecule has 2 atom stereocenters. The van der Waals surface area contributed by atoms with Gasteiger partial charge in [0.15, 0.2) is 0 Å². The third kappa shape index (κ3) is 14.4. The number of hydrogen-bond acceptors (Lipinski definition) is 4. The molecule has 4 nitrogen and oxygen atoms in total. The van der Waals surface area contributed by atoms with Gasteiger partial charge in [-0.15, -0.1) is 6.58 Å². The minimum absolute atomic E-state index is 0.150. The summed E-state index contributed by atoms with van der Waals surface area (Å²) in [4.78, 5) is 20.5. The van der Waals surface area contributed by atoms with Crippen molar-refractivity contribution in [1.29, 1.82) is 0 Å². The molecule has 0 bridgehead atoms. The van der Waals surface area contributed by atoms with E-state index in [4.69, 9.17) is 4.74 Å². The largest absolute Gasteiger partial charge is 0.465 e. The Kier molecular flexibility index (Phi) is 11.0. The fraction of sp³-hybridized carbons (Fsp3) is 0.571. The lowest BCUT2D eigenvalue weighted by Crippen LogP contribution is -2.12. The van der Waals surface area contributed by atoms with E-state index in [1.807, 2.05) is 13.8 Å². The van der Waals surface area contributed by atoms with Gasteiger partial charge in [0.2, 0.25) is 0 Å². The number of carbonyl (C=O) groups is 2. The molecule has 0 aromatic carbocycles. The topological polar surface area (TPSA) is 52.6 Å². The number of esters is 2. The van der Waals surface area contributed by atoms with Gasteiger partial charge in [-0.25, -0.2) is 0 Å². The van der Waals surface area contributed by atoms with Crippen LogP contribution in [0.4, 0.5) is 0 Å². The van der Waals surface area contributed by atoms with E-state index in [-0.39, 0.29) is 24.0 Å². The molecule has 0 N–H and O–H groups in total. The summed E-state index contributed by atoms with van der Waals surface area (Å²) in [6.45, 7) is 16.0. The molecule has 0 aromatic heterocycles. The van der Waals surface area contributed by atoms with E-state index in [0.717, 1.165) is 5.57 Å². The van der Waals surface area contributed by atoms with Gasteiger partial charge in [-0.3, -0.25) is 9.59 Å². The fourth-order valence-electron chi connectivity index (χ4n) is 0.666. The third-order valence-electron chi connectivity index (χ3n) is 1.99. The first-order valence-corrected chi connectivity index (χ1v) is 5.79. The molecule has 4 heteroatoms. The first kappa shape index (κ1) is 18.8. The summed E-state index contributed by atoms with van der Waals surface area (Å²) in [6.07, 6.45) is 1.60. The van der Waals surface area contributed by atoms with Crippen LogP contribution in [0, 0.1) is 5.92 Å². The van der Waals surface area contributed by atoms with Crippen LogP contribution in [0.1, 0.15) is 34.6 Å². The van der Waals surface area contributed by atoms with Crippen molar-refractivity contribution in [2.24, 2.45) is 5.92 Å². The predicted octanol–water partition coefficient (Wildman–Crippen LogP) is 2.89. The zero-order valence-corrected chi connectivity index (χ0v) is 12.0. The maximum atomic E-state index is 10.3. The van der Waals surface area contributed by atoms with E-state index < -0.39 is 0 Å². The molecule has 0 aromatic rings. The standard InChI is InChI=1S/2C7H12O2/c1-5(2)6(3)9-7(4)8;1-4-6(2)5-9-7(3)8/h6H,1H2,2-4H3;4,6H,1,5H2,2-3H3. The highest BCUT2D eigenvalue weighted by molar-refractivity contribution is 5.66. The number of ether oxygens (including phenoxy) is 2. The Balaban J connectivity index is 0. The summed E-state index contributed by atoms with van der Waals surface area (Å²) >= 11 is 0. The Bertz CT molecular complexity index is 294. The van der Waals surface area contributed by atoms with Crippen LogP contribution < -0.4 is 0 Å². The molecule has 2 unspecified atom stereocenters. The molecular formula is C14H24O4. The maximum absolute atomic E-state index is 10.3. The van der Waals surface area contributed by atoms with E-state index in [9.17, 15) is 9.59 Å². The van der Waals surface area contributed by atoms with E-state index in [0.29, 0.717) is 6.61 Å². The number of hydrogen-bond donors (Lipinski definition) is 0. The van der Waals surface area contributed by atoms with Gasteiger partial charge in [-0.1, -0.05) is 19.6 Å². The van der Waals surface area contributed by atoms with E-state index in [1.54, 1.807) is 13.0 Å². The van der Waals surface area contributed by atoms with E-state index in [2.05, 4.69) is 17.9 Å². The average molecular weight is 256 g/mol. The molecular weight excluding hydrogens is 232 g/mol. The molecule has 0 aliphatic carbocycles. The Morgan fingerprint density at radius 3 is 1.89 bits per heavy atom. The monoisotopic (exact) mass is 256 g/mol. The van der Waals surface area contributed by atoms with Gasteiger partial charge >= 0.3 is 11.9 Å². The third-order valence-corrected chi connectivity index (χ3v) is 1.99. The molecule has 0 heterocycles. The van der Waals surface area contributed by atoms with Crippen LogP contribution in [0.2, 0.25) is 0 Å². The normalized spacial score (nSPS) is 12.3. The minimum atomic E-state index is -0.259. The Morgan fingerprint density at radius 1 is 1.17 bits per heavy atom. The second kappa shape index (κ2) is 10.6. The Labute approximate surface area is 110 Å². The van der Waals surface area contributed by atoms with Gasteiger partial charge < -0.3 is 9.47 Å². The van der Waals surface area contributed by atoms with Gasteiger partial charge in [-0.05, 0) is 19.4 Å². The Morgan fingerprint density at radius 2 is 1.67 bits per heavy atom. The first-order chi connectivity index (χ1) is 8.20. The molecule has 0 fully saturated rings. The van der Waals surface area contributed by atoms with Gasteiger partial charge in [0.25, 0.3) is 0 Å². The lowest BCUT2D eigenvalue weighted by molar-refractivity contribution is -0.144. The van der Waals surface area contributed by atoms with Crippen LogP contribution in [0.15, 0.2) is 24.8 Å². The van der Waals surface area contributed by atoms with Crippen molar-refractivity contribution >= 4 is 11.9 Å². The zero-order valence-electron chi connectivity index (χ0n) is 12.0. The highest BCUT2D eigenvalue weighted by Gasteiger charge is 2.03. The van der Waals surface area contributed by atoms with Crippen LogP contribution in [0.25, 0.3) is 0 Å². The van der Waals surface area contributed by atoms with Crippen LogP contribution in [0.5, 0.6) is 0 Å². The lowest BCUT2D eigenvalue weighted by Gasteiger charge is -2.09. The molecule has 0 saturated carbocycles. The van der Waals surface area contributed by atoms with Gasteiger partial charge in [0.1, 0.15) is 6.10 Å². The van der Waals surface area contributed by atoms with Crippen molar-refractivity contribution in [3.8, 4) is 0 Å². The van der Waals surface area contributed by atoms with E-state index >= 15 is 0 Å². The molecule has 104 valence electrons. The molecule has 0 rings (SSSR count). The molecule has 0 aliphatic rings. The molecule has 0 saturated heterocycles. The quantitative estimate of drug-likeness (QED) is 0.560. The second-order valence-corrected chi connectivity index (χ2v) is 4.11. The number of carbonyl (C=O) groups excluding carboxylic acids is 2. The van der Waals surface area contributed by atoms with Crippen molar-refractivity contribution in [3.05, 3.63) is 24.8 Å². The molecule has 18 heavy (non-hydrogen) atoms. The minimum Gasteiger partial charge on any atom is -0.465 e. The van der Waals surface area contributed by atoms with Crippen LogP contribution in [0.3, 0.4) is 0 Å². The summed E-state index contributed by atoms with van der Waals surface area (Å²) in [7, 11) is 0. The predicted molar refractivity (Wildman–Crippen MR) is 72.0 cm³/mol. The lowest BCUT2D eigenvalue weighted by atomic mass is 10.2. The maximum Gasteiger partial charge on any atom is 0.303 e. The average Bonchev–Trinajstić information content (AvgIpc) is 2.25. The second-order valence-electron chi connectivity index (χ2n) is 4.11. The highest BCUT2D eigenvalue weighted by Crippen LogP contribution is 2.01. The SMILES string of the molecule is C=C(C)C(C)OC(C)=O.C=CC(C)COC(C)=O. The first-order valence-electron chi connectivity index (χ1n) is 5.79. The van der Waals surface area contributed by atoms with Crippen LogP contribution >= 0.6 is 0 Å². The molecule has 0 spiro atoms. The molecule has 0 radical (unpaired) electrons. The summed E-state index contributed by atoms with van der Waals surface area (Å²) in [5, 5.41) is 0. The van der Waals surface area contributed by atoms with Crippen LogP contribution in [-0.2, 0) is 19.1 Å². The van der Waals surface area contributed by atoms with Gasteiger partial charge in [-0.2, -0.15) is 0 Å². The smallest absolute Gasteiger partial charge is 0.303 e. The van der Waals surface area contributed by atoms with Crippen molar-refractivity contribution < 1.29 is 19.1 Å². The highest BCUT2D eigenvalue weighted by atomic mass is 16.5. The summed E-state index contributed by atoms with van der Waals surface area (Å²) in [6, 6.07) is 0.